The number of carbonyl (C=O) groups excluding carboxylic acids is 1. The molecule has 1 fully saturated rings. The van der Waals surface area contributed by atoms with Crippen LogP contribution in [0.5, 0.6) is 0 Å². The van der Waals surface area contributed by atoms with Crippen LogP contribution in [-0.4, -0.2) is 36.0 Å². The summed E-state index contributed by atoms with van der Waals surface area (Å²) in [6, 6.07) is 13.4. The topological polar surface area (TPSA) is 67.5 Å². The molecule has 2 atom stereocenters. The molecule has 1 aliphatic rings. The minimum Gasteiger partial charge on any atom is -0.408 e. The number of oxazole rings is 1. The van der Waals surface area contributed by atoms with Gasteiger partial charge in [0.25, 0.3) is 0 Å². The quantitative estimate of drug-likeness (QED) is 0.630. The molecule has 28 heavy (non-hydrogen) atoms. The minimum atomic E-state index is -0.377. The molecule has 1 saturated carbocycles. The number of hydrogen-bond donors (Lipinski definition) is 1. The Labute approximate surface area is 171 Å². The van der Waals surface area contributed by atoms with Crippen LogP contribution in [0.2, 0.25) is 0 Å². The van der Waals surface area contributed by atoms with Crippen molar-refractivity contribution >= 4 is 38.6 Å². The fraction of sp³-hybridized carbons (Fsp3) is 0.333. The van der Waals surface area contributed by atoms with Crippen LogP contribution in [-0.2, 0) is 11.3 Å². The van der Waals surface area contributed by atoms with Gasteiger partial charge in [0.1, 0.15) is 0 Å². The van der Waals surface area contributed by atoms with E-state index in [0.717, 1.165) is 17.4 Å². The van der Waals surface area contributed by atoms with Crippen molar-refractivity contribution in [1.29, 1.82) is 0 Å². The lowest BCUT2D eigenvalue weighted by molar-refractivity contribution is -0.117. The standard InChI is InChI=1S/C21H22BrN3O3/c1-24(2)9-10-25-18-11-15(7-8-19(18)28-21(25)27)23-20(26)17-12-16(17)13-3-5-14(22)6-4-13/h3-8,11,16-17H,9-10,12H2,1-2H3,(H,23,26). The van der Waals surface area contributed by atoms with Gasteiger partial charge >= 0.3 is 5.76 Å². The van der Waals surface area contributed by atoms with Gasteiger partial charge in [0, 0.05) is 29.2 Å². The summed E-state index contributed by atoms with van der Waals surface area (Å²) in [6.45, 7) is 1.26. The van der Waals surface area contributed by atoms with Crippen molar-refractivity contribution in [2.24, 2.45) is 5.92 Å². The normalized spacial score (nSPS) is 18.6. The molecule has 7 heteroatoms. The summed E-state index contributed by atoms with van der Waals surface area (Å²) in [5.74, 6) is -0.114. The van der Waals surface area contributed by atoms with E-state index in [-0.39, 0.29) is 23.5 Å². The van der Waals surface area contributed by atoms with Crippen LogP contribution in [0.3, 0.4) is 0 Å². The first-order chi connectivity index (χ1) is 13.4. The van der Waals surface area contributed by atoms with E-state index in [2.05, 4.69) is 33.4 Å². The molecule has 2 unspecified atom stereocenters. The number of halogens is 1. The highest BCUT2D eigenvalue weighted by atomic mass is 79.9. The van der Waals surface area contributed by atoms with Gasteiger partial charge in [-0.05, 0) is 62.3 Å². The van der Waals surface area contributed by atoms with E-state index in [1.165, 1.54) is 5.56 Å². The van der Waals surface area contributed by atoms with E-state index in [1.807, 2.05) is 37.2 Å². The highest BCUT2D eigenvalue weighted by Gasteiger charge is 2.43. The Kier molecular flexibility index (Phi) is 5.12. The van der Waals surface area contributed by atoms with Gasteiger partial charge in [-0.25, -0.2) is 4.79 Å². The number of nitrogens with zero attached hydrogens (tertiary/aromatic N) is 2. The van der Waals surface area contributed by atoms with Gasteiger partial charge in [0.05, 0.1) is 5.52 Å². The van der Waals surface area contributed by atoms with E-state index in [4.69, 9.17) is 4.42 Å². The Hall–Kier alpha value is -2.38. The van der Waals surface area contributed by atoms with Crippen LogP contribution in [0.15, 0.2) is 56.1 Å². The van der Waals surface area contributed by atoms with Crippen molar-refractivity contribution < 1.29 is 9.21 Å². The SMILES string of the molecule is CN(C)CCn1c(=O)oc2ccc(NC(=O)C3CC3c3ccc(Br)cc3)cc21. The predicted octanol–water partition coefficient (Wildman–Crippen LogP) is 3.66. The molecule has 1 amide bonds. The lowest BCUT2D eigenvalue weighted by Gasteiger charge is -2.10. The Morgan fingerprint density at radius 3 is 2.71 bits per heavy atom. The zero-order valence-electron chi connectivity index (χ0n) is 15.8. The van der Waals surface area contributed by atoms with E-state index < -0.39 is 0 Å². The molecule has 1 heterocycles. The number of anilines is 1. The third-order valence-electron chi connectivity index (χ3n) is 5.13. The fourth-order valence-electron chi connectivity index (χ4n) is 3.45. The maximum atomic E-state index is 12.6. The molecule has 3 aromatic rings. The van der Waals surface area contributed by atoms with Crippen molar-refractivity contribution in [3.63, 3.8) is 0 Å². The average molecular weight is 444 g/mol. The van der Waals surface area contributed by atoms with Gasteiger partial charge in [-0.15, -0.1) is 0 Å². The van der Waals surface area contributed by atoms with Crippen molar-refractivity contribution in [3.05, 3.63) is 63.1 Å². The van der Waals surface area contributed by atoms with E-state index >= 15 is 0 Å². The van der Waals surface area contributed by atoms with E-state index in [0.29, 0.717) is 23.3 Å². The van der Waals surface area contributed by atoms with Crippen LogP contribution in [0, 0.1) is 5.92 Å². The first kappa shape index (κ1) is 19.0. The summed E-state index contributed by atoms with van der Waals surface area (Å²) >= 11 is 3.44. The number of benzene rings is 2. The molecule has 2 aromatic carbocycles. The molecule has 4 rings (SSSR count). The van der Waals surface area contributed by atoms with Crippen molar-refractivity contribution in [1.82, 2.24) is 9.47 Å². The monoisotopic (exact) mass is 443 g/mol. The summed E-state index contributed by atoms with van der Waals surface area (Å²) in [7, 11) is 3.91. The van der Waals surface area contributed by atoms with Crippen LogP contribution >= 0.6 is 15.9 Å². The van der Waals surface area contributed by atoms with Gasteiger partial charge in [-0.2, -0.15) is 0 Å². The molecule has 0 bridgehead atoms. The average Bonchev–Trinajstić information content (AvgIpc) is 3.39. The number of fused-ring (bicyclic) bond motifs is 1. The second-order valence-electron chi connectivity index (χ2n) is 7.49. The van der Waals surface area contributed by atoms with Crippen LogP contribution in [0.4, 0.5) is 5.69 Å². The van der Waals surface area contributed by atoms with Gasteiger partial charge in [0.15, 0.2) is 5.58 Å². The second-order valence-corrected chi connectivity index (χ2v) is 8.41. The zero-order chi connectivity index (χ0) is 19.8. The maximum absolute atomic E-state index is 12.6. The Balaban J connectivity index is 1.49. The lowest BCUT2D eigenvalue weighted by atomic mass is 10.1. The van der Waals surface area contributed by atoms with Crippen LogP contribution in [0.25, 0.3) is 11.1 Å². The smallest absolute Gasteiger partial charge is 0.408 e. The molecular weight excluding hydrogens is 422 g/mol. The number of hydrogen-bond acceptors (Lipinski definition) is 4. The lowest BCUT2D eigenvalue weighted by Crippen LogP contribution is -2.23. The molecule has 0 radical (unpaired) electrons. The number of amides is 1. The number of nitrogens with one attached hydrogen (secondary N) is 1. The first-order valence-electron chi connectivity index (χ1n) is 9.27. The highest BCUT2D eigenvalue weighted by molar-refractivity contribution is 9.10. The molecule has 1 N–H and O–H groups in total. The molecule has 1 aliphatic carbocycles. The second kappa shape index (κ2) is 7.56. The summed E-state index contributed by atoms with van der Waals surface area (Å²) < 4.78 is 7.95. The summed E-state index contributed by atoms with van der Waals surface area (Å²) in [5, 5.41) is 2.99. The van der Waals surface area contributed by atoms with E-state index in [1.54, 1.807) is 16.7 Å². The van der Waals surface area contributed by atoms with Crippen LogP contribution in [0.1, 0.15) is 17.9 Å². The molecule has 0 aliphatic heterocycles. The number of rotatable bonds is 6. The van der Waals surface area contributed by atoms with Crippen LogP contribution < -0.4 is 11.1 Å². The van der Waals surface area contributed by atoms with Crippen molar-refractivity contribution in [3.8, 4) is 0 Å². The third kappa shape index (κ3) is 3.91. The largest absolute Gasteiger partial charge is 0.419 e. The van der Waals surface area contributed by atoms with Crippen molar-refractivity contribution in [2.75, 3.05) is 26.0 Å². The Bertz CT molecular complexity index is 1070. The van der Waals surface area contributed by atoms with Crippen molar-refractivity contribution in [2.45, 2.75) is 18.9 Å². The molecular formula is C21H22BrN3O3. The minimum absolute atomic E-state index is 0.0120. The van der Waals surface area contributed by atoms with Gasteiger partial charge in [-0.3, -0.25) is 9.36 Å². The Morgan fingerprint density at radius 2 is 2.00 bits per heavy atom. The van der Waals surface area contributed by atoms with E-state index in [9.17, 15) is 9.59 Å². The first-order valence-corrected chi connectivity index (χ1v) is 10.1. The van der Waals surface area contributed by atoms with Gasteiger partial charge in [-0.1, -0.05) is 28.1 Å². The fourth-order valence-corrected chi connectivity index (χ4v) is 3.71. The molecule has 0 spiro atoms. The number of likely N-dealkylation sites (N-methyl/N-ethyl adjacent to an activating group) is 1. The molecule has 146 valence electrons. The van der Waals surface area contributed by atoms with Gasteiger partial charge in [0.2, 0.25) is 5.91 Å². The maximum Gasteiger partial charge on any atom is 0.419 e. The number of carbonyl (C=O) groups is 1. The Morgan fingerprint density at radius 1 is 1.25 bits per heavy atom. The zero-order valence-corrected chi connectivity index (χ0v) is 17.4. The molecule has 0 saturated heterocycles. The summed E-state index contributed by atoms with van der Waals surface area (Å²) in [4.78, 5) is 26.8. The predicted molar refractivity (Wildman–Crippen MR) is 113 cm³/mol. The summed E-state index contributed by atoms with van der Waals surface area (Å²) in [6.07, 6.45) is 0.856. The highest BCUT2D eigenvalue weighted by Crippen LogP contribution is 2.48. The third-order valence-corrected chi connectivity index (χ3v) is 5.66. The number of aromatic nitrogens is 1. The summed E-state index contributed by atoms with van der Waals surface area (Å²) in [5.41, 5.74) is 3.09. The van der Waals surface area contributed by atoms with Gasteiger partial charge < -0.3 is 14.6 Å². The molecule has 6 nitrogen and oxygen atoms in total. The molecule has 1 aromatic heterocycles.